The van der Waals surface area contributed by atoms with E-state index in [1.165, 1.54) is 6.42 Å². The summed E-state index contributed by atoms with van der Waals surface area (Å²) in [7, 11) is 0. The van der Waals surface area contributed by atoms with Gasteiger partial charge in [-0.1, -0.05) is 29.6 Å². The molecule has 0 atom stereocenters. The molecule has 2 N–H and O–H groups in total. The summed E-state index contributed by atoms with van der Waals surface area (Å²) in [5.41, 5.74) is 7.36. The van der Waals surface area contributed by atoms with Crippen molar-refractivity contribution < 1.29 is 4.42 Å². The van der Waals surface area contributed by atoms with Gasteiger partial charge in [0.15, 0.2) is 11.5 Å². The minimum absolute atomic E-state index is 0.178. The molecule has 0 radical (unpaired) electrons. The van der Waals surface area contributed by atoms with Gasteiger partial charge in [0.05, 0.1) is 5.02 Å². The Labute approximate surface area is 115 Å². The third-order valence-corrected chi connectivity index (χ3v) is 4.33. The van der Waals surface area contributed by atoms with Crippen LogP contribution in [-0.2, 0) is 6.42 Å². The molecule has 1 fully saturated rings. The summed E-state index contributed by atoms with van der Waals surface area (Å²) in [6, 6.07) is 3.44. The molecule has 0 saturated heterocycles. The molecular weight excluding hydrogens is 271 g/mol. The van der Waals surface area contributed by atoms with Gasteiger partial charge in [0.25, 0.3) is 0 Å². The van der Waals surface area contributed by atoms with Crippen LogP contribution in [0.25, 0.3) is 11.1 Å². The van der Waals surface area contributed by atoms with Crippen molar-refractivity contribution >= 4 is 34.3 Å². The minimum Gasteiger partial charge on any atom is -0.439 e. The number of hydrogen-bond acceptors (Lipinski definition) is 3. The molecule has 0 bridgehead atoms. The van der Waals surface area contributed by atoms with E-state index in [4.69, 9.17) is 33.4 Å². The molecule has 0 aliphatic heterocycles. The molecule has 1 aromatic heterocycles. The highest BCUT2D eigenvalue weighted by Crippen LogP contribution is 2.43. The van der Waals surface area contributed by atoms with E-state index in [1.54, 1.807) is 12.1 Å². The molecule has 0 spiro atoms. The van der Waals surface area contributed by atoms with Crippen LogP contribution >= 0.6 is 23.2 Å². The lowest BCUT2D eigenvalue weighted by atomic mass is 9.67. The fourth-order valence-electron chi connectivity index (χ4n) is 2.53. The van der Waals surface area contributed by atoms with Gasteiger partial charge in [-0.3, -0.25) is 0 Å². The second-order valence-electron chi connectivity index (χ2n) is 5.08. The predicted octanol–water partition coefficient (Wildman–Crippen LogP) is 3.81. The third kappa shape index (κ3) is 2.00. The summed E-state index contributed by atoms with van der Waals surface area (Å²) in [5, 5.41) is 1.08. The average Bonchev–Trinajstić information content (AvgIpc) is 2.66. The number of fused-ring (bicyclic) bond motifs is 1. The van der Waals surface area contributed by atoms with Gasteiger partial charge in [0, 0.05) is 11.4 Å². The number of nitrogens with two attached hydrogens (primary N) is 1. The fourth-order valence-corrected chi connectivity index (χ4v) is 3.05. The van der Waals surface area contributed by atoms with Crippen molar-refractivity contribution in [3.8, 4) is 0 Å². The lowest BCUT2D eigenvalue weighted by Gasteiger charge is -2.39. The maximum atomic E-state index is 6.09. The maximum absolute atomic E-state index is 6.09. The van der Waals surface area contributed by atoms with Crippen LogP contribution in [0, 0.1) is 5.41 Å². The van der Waals surface area contributed by atoms with Gasteiger partial charge in [0.1, 0.15) is 5.52 Å². The van der Waals surface area contributed by atoms with Crippen LogP contribution in [0.5, 0.6) is 0 Å². The molecule has 3 rings (SSSR count). The molecule has 5 heteroatoms. The molecule has 0 unspecified atom stereocenters. The molecule has 96 valence electrons. The Morgan fingerprint density at radius 3 is 2.72 bits per heavy atom. The second kappa shape index (κ2) is 4.41. The number of rotatable bonds is 3. The largest absolute Gasteiger partial charge is 0.439 e. The maximum Gasteiger partial charge on any atom is 0.196 e. The fraction of sp³-hybridized carbons (Fsp3) is 0.462. The van der Waals surface area contributed by atoms with Gasteiger partial charge in [-0.05, 0) is 36.9 Å². The smallest absolute Gasteiger partial charge is 0.196 e. The predicted molar refractivity (Wildman–Crippen MR) is 73.1 cm³/mol. The zero-order valence-corrected chi connectivity index (χ0v) is 11.4. The summed E-state index contributed by atoms with van der Waals surface area (Å²) in [4.78, 5) is 4.46. The van der Waals surface area contributed by atoms with E-state index in [2.05, 4.69) is 4.98 Å². The first-order chi connectivity index (χ1) is 8.62. The summed E-state index contributed by atoms with van der Waals surface area (Å²) in [6.45, 7) is 0.681. The third-order valence-electron chi connectivity index (χ3n) is 3.83. The Morgan fingerprint density at radius 2 is 2.11 bits per heavy atom. The van der Waals surface area contributed by atoms with Crippen molar-refractivity contribution in [3.05, 3.63) is 28.1 Å². The summed E-state index contributed by atoms with van der Waals surface area (Å²) in [5.74, 6) is 0.708. The SMILES string of the molecule is NCC1(Cc2nc3cc(Cl)cc(Cl)c3o2)CCC1. The molecule has 1 aromatic carbocycles. The van der Waals surface area contributed by atoms with Gasteiger partial charge in [0.2, 0.25) is 0 Å². The first kappa shape index (κ1) is 12.3. The van der Waals surface area contributed by atoms with E-state index in [0.29, 0.717) is 33.6 Å². The van der Waals surface area contributed by atoms with Crippen LogP contribution in [0.4, 0.5) is 0 Å². The van der Waals surface area contributed by atoms with Gasteiger partial charge in [-0.2, -0.15) is 0 Å². The van der Waals surface area contributed by atoms with Crippen LogP contribution in [0.3, 0.4) is 0 Å². The topological polar surface area (TPSA) is 52.0 Å². The normalized spacial score (nSPS) is 17.9. The molecular formula is C13H14Cl2N2O. The molecule has 1 heterocycles. The highest BCUT2D eigenvalue weighted by Gasteiger charge is 2.37. The zero-order valence-electron chi connectivity index (χ0n) is 9.88. The molecule has 1 saturated carbocycles. The van der Waals surface area contributed by atoms with Crippen LogP contribution in [0.2, 0.25) is 10.0 Å². The van der Waals surface area contributed by atoms with E-state index in [1.807, 2.05) is 0 Å². The van der Waals surface area contributed by atoms with E-state index in [9.17, 15) is 0 Å². The Hall–Kier alpha value is -0.770. The van der Waals surface area contributed by atoms with Crippen LogP contribution < -0.4 is 5.73 Å². The van der Waals surface area contributed by atoms with E-state index < -0.39 is 0 Å². The Bertz CT molecular complexity index is 584. The highest BCUT2D eigenvalue weighted by molar-refractivity contribution is 6.37. The highest BCUT2D eigenvalue weighted by atomic mass is 35.5. The van der Waals surface area contributed by atoms with Gasteiger partial charge >= 0.3 is 0 Å². The van der Waals surface area contributed by atoms with Gasteiger partial charge in [-0.25, -0.2) is 4.98 Å². The van der Waals surface area contributed by atoms with Gasteiger partial charge < -0.3 is 10.2 Å². The average molecular weight is 285 g/mol. The number of hydrogen-bond donors (Lipinski definition) is 1. The molecule has 1 aliphatic carbocycles. The molecule has 1 aliphatic rings. The lowest BCUT2D eigenvalue weighted by molar-refractivity contribution is 0.134. The second-order valence-corrected chi connectivity index (χ2v) is 5.92. The Kier molecular flexibility index (Phi) is 3.00. The van der Waals surface area contributed by atoms with Crippen molar-refractivity contribution in [1.29, 1.82) is 0 Å². The van der Waals surface area contributed by atoms with Crippen LogP contribution in [-0.4, -0.2) is 11.5 Å². The number of halogens is 2. The monoisotopic (exact) mass is 284 g/mol. The number of aromatic nitrogens is 1. The van der Waals surface area contributed by atoms with E-state index in [-0.39, 0.29) is 5.41 Å². The Morgan fingerprint density at radius 1 is 1.33 bits per heavy atom. The quantitative estimate of drug-likeness (QED) is 0.933. The van der Waals surface area contributed by atoms with E-state index >= 15 is 0 Å². The van der Waals surface area contributed by atoms with Crippen molar-refractivity contribution in [2.75, 3.05) is 6.54 Å². The summed E-state index contributed by atoms with van der Waals surface area (Å²) < 4.78 is 5.73. The summed E-state index contributed by atoms with van der Waals surface area (Å²) >= 11 is 12.0. The van der Waals surface area contributed by atoms with Crippen LogP contribution in [0.15, 0.2) is 16.5 Å². The molecule has 0 amide bonds. The van der Waals surface area contributed by atoms with Crippen molar-refractivity contribution in [2.45, 2.75) is 25.7 Å². The standard InChI is InChI=1S/C13H14Cl2N2O/c14-8-4-9(15)12-10(5-8)17-11(18-12)6-13(7-16)2-1-3-13/h4-5H,1-3,6-7,16H2. The lowest BCUT2D eigenvalue weighted by Crippen LogP contribution is -2.39. The Balaban J connectivity index is 1.96. The van der Waals surface area contributed by atoms with Gasteiger partial charge in [-0.15, -0.1) is 0 Å². The zero-order chi connectivity index (χ0) is 12.8. The van der Waals surface area contributed by atoms with Crippen LogP contribution in [0.1, 0.15) is 25.2 Å². The minimum atomic E-state index is 0.178. The first-order valence-electron chi connectivity index (χ1n) is 6.06. The van der Waals surface area contributed by atoms with Crippen molar-refractivity contribution in [3.63, 3.8) is 0 Å². The number of oxazole rings is 1. The molecule has 3 nitrogen and oxygen atoms in total. The van der Waals surface area contributed by atoms with E-state index in [0.717, 1.165) is 19.3 Å². The van der Waals surface area contributed by atoms with Crippen molar-refractivity contribution in [2.24, 2.45) is 11.1 Å². The van der Waals surface area contributed by atoms with Crippen molar-refractivity contribution in [1.82, 2.24) is 4.98 Å². The molecule has 18 heavy (non-hydrogen) atoms. The number of benzene rings is 1. The number of nitrogens with zero attached hydrogens (tertiary/aromatic N) is 1. The summed E-state index contributed by atoms with van der Waals surface area (Å²) in [6.07, 6.45) is 4.32. The first-order valence-corrected chi connectivity index (χ1v) is 6.82. The molecule has 2 aromatic rings.